The zero-order valence-electron chi connectivity index (χ0n) is 11.0. The fourth-order valence-electron chi connectivity index (χ4n) is 2.25. The van der Waals surface area contributed by atoms with Gasteiger partial charge in [0.2, 0.25) is 5.91 Å². The molecule has 5 heteroatoms. The monoisotopic (exact) mass is 260 g/mol. The van der Waals surface area contributed by atoms with E-state index >= 15 is 0 Å². The number of amides is 1. The van der Waals surface area contributed by atoms with Gasteiger partial charge in [-0.05, 0) is 39.6 Å². The summed E-state index contributed by atoms with van der Waals surface area (Å²) in [7, 11) is 2.06. The van der Waals surface area contributed by atoms with E-state index in [1.807, 2.05) is 13.2 Å². The van der Waals surface area contributed by atoms with Gasteiger partial charge in [0.25, 0.3) is 0 Å². The van der Waals surface area contributed by atoms with E-state index in [1.165, 1.54) is 0 Å². The molecule has 1 saturated heterocycles. The summed E-state index contributed by atoms with van der Waals surface area (Å²) in [5, 5.41) is 12.3. The molecule has 2 N–H and O–H groups in total. The third-order valence-electron chi connectivity index (χ3n) is 3.41. The van der Waals surface area contributed by atoms with Gasteiger partial charge in [0.1, 0.15) is 0 Å². The Labute approximate surface area is 108 Å². The van der Waals surface area contributed by atoms with Crippen LogP contribution in [-0.4, -0.2) is 60.2 Å². The first kappa shape index (κ1) is 14.8. The third kappa shape index (κ3) is 4.48. The first-order chi connectivity index (χ1) is 8.08. The molecule has 0 radical (unpaired) electrons. The Hall–Kier alpha value is -0.260. The quantitative estimate of drug-likeness (QED) is 0.758. The van der Waals surface area contributed by atoms with Gasteiger partial charge in [-0.25, -0.2) is 0 Å². The van der Waals surface area contributed by atoms with Crippen molar-refractivity contribution in [3.8, 4) is 0 Å². The Kier molecular flexibility index (Phi) is 6.30. The smallest absolute Gasteiger partial charge is 0.224 e. The van der Waals surface area contributed by atoms with Crippen LogP contribution in [0, 0.1) is 5.92 Å². The molecule has 1 heterocycles. The van der Waals surface area contributed by atoms with E-state index in [-0.39, 0.29) is 29.7 Å². The molecule has 3 atom stereocenters. The van der Waals surface area contributed by atoms with Crippen LogP contribution in [0.15, 0.2) is 0 Å². The minimum Gasteiger partial charge on any atom is -0.395 e. The van der Waals surface area contributed by atoms with Crippen LogP contribution in [0.25, 0.3) is 0 Å². The predicted molar refractivity (Wildman–Crippen MR) is 72.2 cm³/mol. The van der Waals surface area contributed by atoms with Gasteiger partial charge in [-0.3, -0.25) is 4.79 Å². The standard InChI is InChI=1S/C12H24N2O2S/c1-9(11(8-15)17-3)13-12(16)10-5-4-6-14(2)7-10/h9-11,15H,4-8H2,1-3H3,(H,13,16)/t9-,10-,11+/m1/s1. The lowest BCUT2D eigenvalue weighted by Gasteiger charge is -2.30. The highest BCUT2D eigenvalue weighted by Gasteiger charge is 2.26. The van der Waals surface area contributed by atoms with E-state index in [2.05, 4.69) is 17.3 Å². The van der Waals surface area contributed by atoms with Crippen molar-refractivity contribution in [3.63, 3.8) is 0 Å². The highest BCUT2D eigenvalue weighted by atomic mass is 32.2. The summed E-state index contributed by atoms with van der Waals surface area (Å²) in [5.74, 6) is 0.244. The molecule has 100 valence electrons. The van der Waals surface area contributed by atoms with Gasteiger partial charge in [0.15, 0.2) is 0 Å². The van der Waals surface area contributed by atoms with Crippen LogP contribution >= 0.6 is 11.8 Å². The molecule has 0 bridgehead atoms. The second-order valence-electron chi connectivity index (χ2n) is 4.86. The van der Waals surface area contributed by atoms with Crippen LogP contribution in [0.1, 0.15) is 19.8 Å². The van der Waals surface area contributed by atoms with Crippen LogP contribution in [0.2, 0.25) is 0 Å². The van der Waals surface area contributed by atoms with Crippen molar-refractivity contribution < 1.29 is 9.90 Å². The summed E-state index contributed by atoms with van der Waals surface area (Å²) in [6.45, 7) is 4.00. The number of carbonyl (C=O) groups excluding carboxylic acids is 1. The molecular formula is C12H24N2O2S. The Morgan fingerprint density at radius 3 is 2.88 bits per heavy atom. The number of carbonyl (C=O) groups is 1. The summed E-state index contributed by atoms with van der Waals surface area (Å²) >= 11 is 1.59. The van der Waals surface area contributed by atoms with Gasteiger partial charge < -0.3 is 15.3 Å². The van der Waals surface area contributed by atoms with Gasteiger partial charge in [-0.1, -0.05) is 0 Å². The number of aliphatic hydroxyl groups is 1. The number of hydrogen-bond acceptors (Lipinski definition) is 4. The zero-order valence-corrected chi connectivity index (χ0v) is 11.8. The molecule has 4 nitrogen and oxygen atoms in total. The number of aliphatic hydroxyl groups excluding tert-OH is 1. The number of thioether (sulfide) groups is 1. The maximum Gasteiger partial charge on any atom is 0.224 e. The molecule has 0 saturated carbocycles. The average molecular weight is 260 g/mol. The number of rotatable bonds is 5. The lowest BCUT2D eigenvalue weighted by molar-refractivity contribution is -0.127. The van der Waals surface area contributed by atoms with E-state index < -0.39 is 0 Å². The van der Waals surface area contributed by atoms with Gasteiger partial charge in [0.05, 0.1) is 12.5 Å². The molecule has 0 aliphatic carbocycles. The average Bonchev–Trinajstić information content (AvgIpc) is 2.30. The molecule has 1 rings (SSSR count). The molecule has 0 aromatic carbocycles. The Morgan fingerprint density at radius 2 is 2.35 bits per heavy atom. The maximum absolute atomic E-state index is 12.1. The van der Waals surface area contributed by atoms with Crippen molar-refractivity contribution in [2.45, 2.75) is 31.1 Å². The minimum atomic E-state index is 0.0229. The Morgan fingerprint density at radius 1 is 1.65 bits per heavy atom. The summed E-state index contributed by atoms with van der Waals surface area (Å²) in [6, 6.07) is 0.0229. The molecule has 1 fully saturated rings. The van der Waals surface area contributed by atoms with Crippen LogP contribution in [0.4, 0.5) is 0 Å². The van der Waals surface area contributed by atoms with E-state index in [9.17, 15) is 9.90 Å². The van der Waals surface area contributed by atoms with E-state index in [4.69, 9.17) is 0 Å². The first-order valence-corrected chi connectivity index (χ1v) is 7.49. The van der Waals surface area contributed by atoms with Gasteiger partial charge in [-0.2, -0.15) is 11.8 Å². The number of likely N-dealkylation sites (tertiary alicyclic amines) is 1. The van der Waals surface area contributed by atoms with Crippen molar-refractivity contribution in [3.05, 3.63) is 0 Å². The molecule has 1 aliphatic rings. The van der Waals surface area contributed by atoms with E-state index in [0.717, 1.165) is 25.9 Å². The SMILES string of the molecule is CS[C@@H](CO)[C@@H](C)NC(=O)[C@@H]1CCCN(C)C1. The van der Waals surface area contributed by atoms with Crippen molar-refractivity contribution in [1.82, 2.24) is 10.2 Å². The Balaban J connectivity index is 2.42. The predicted octanol–water partition coefficient (Wildman–Crippen LogP) is 0.557. The highest BCUT2D eigenvalue weighted by Crippen LogP contribution is 2.16. The van der Waals surface area contributed by atoms with Crippen molar-refractivity contribution >= 4 is 17.7 Å². The Bertz CT molecular complexity index is 247. The van der Waals surface area contributed by atoms with Crippen LogP contribution in [0.3, 0.4) is 0 Å². The summed E-state index contributed by atoms with van der Waals surface area (Å²) < 4.78 is 0. The molecule has 0 aromatic heterocycles. The highest BCUT2D eigenvalue weighted by molar-refractivity contribution is 7.99. The van der Waals surface area contributed by atoms with E-state index in [0.29, 0.717) is 0 Å². The lowest BCUT2D eigenvalue weighted by Crippen LogP contribution is -2.47. The van der Waals surface area contributed by atoms with E-state index in [1.54, 1.807) is 11.8 Å². The summed E-state index contributed by atoms with van der Waals surface area (Å²) in [5.41, 5.74) is 0. The molecular weight excluding hydrogens is 236 g/mol. The second kappa shape index (κ2) is 7.24. The fraction of sp³-hybridized carbons (Fsp3) is 0.917. The largest absolute Gasteiger partial charge is 0.395 e. The minimum absolute atomic E-state index is 0.0229. The molecule has 1 aliphatic heterocycles. The lowest BCUT2D eigenvalue weighted by atomic mass is 9.97. The fourth-order valence-corrected chi connectivity index (χ4v) is 2.88. The van der Waals surface area contributed by atoms with Crippen molar-refractivity contribution in [2.24, 2.45) is 5.92 Å². The molecule has 17 heavy (non-hydrogen) atoms. The number of nitrogens with zero attached hydrogens (tertiary/aromatic N) is 1. The van der Waals surface area contributed by atoms with Crippen molar-refractivity contribution in [1.29, 1.82) is 0 Å². The third-order valence-corrected chi connectivity index (χ3v) is 4.57. The van der Waals surface area contributed by atoms with Gasteiger partial charge in [0, 0.05) is 17.8 Å². The van der Waals surface area contributed by atoms with Gasteiger partial charge in [-0.15, -0.1) is 0 Å². The van der Waals surface area contributed by atoms with Crippen LogP contribution in [-0.2, 0) is 4.79 Å². The molecule has 1 amide bonds. The van der Waals surface area contributed by atoms with Crippen LogP contribution in [0.5, 0.6) is 0 Å². The molecule has 0 aromatic rings. The number of hydrogen-bond donors (Lipinski definition) is 2. The molecule has 0 unspecified atom stereocenters. The normalized spacial score (nSPS) is 25.3. The van der Waals surface area contributed by atoms with Crippen LogP contribution < -0.4 is 5.32 Å². The summed E-state index contributed by atoms with van der Waals surface area (Å²) in [4.78, 5) is 14.3. The number of piperidine rings is 1. The first-order valence-electron chi connectivity index (χ1n) is 6.21. The topological polar surface area (TPSA) is 52.6 Å². The second-order valence-corrected chi connectivity index (χ2v) is 5.93. The zero-order chi connectivity index (χ0) is 12.8. The maximum atomic E-state index is 12.1. The van der Waals surface area contributed by atoms with Gasteiger partial charge >= 0.3 is 0 Å². The molecule has 0 spiro atoms. The summed E-state index contributed by atoms with van der Waals surface area (Å²) in [6.07, 6.45) is 4.03. The number of nitrogens with one attached hydrogen (secondary N) is 1. The van der Waals surface area contributed by atoms with Crippen molar-refractivity contribution in [2.75, 3.05) is 33.0 Å².